The van der Waals surface area contributed by atoms with Gasteiger partial charge >= 0.3 is 0 Å². The second-order valence-corrected chi connectivity index (χ2v) is 13.7. The van der Waals surface area contributed by atoms with Gasteiger partial charge in [0.15, 0.2) is 0 Å². The Morgan fingerprint density at radius 2 is 1.58 bits per heavy atom. The van der Waals surface area contributed by atoms with Crippen LogP contribution in [0.15, 0.2) is 78.9 Å². The summed E-state index contributed by atoms with van der Waals surface area (Å²) in [4.78, 5) is 29.4. The van der Waals surface area contributed by atoms with Crippen molar-refractivity contribution in [1.29, 1.82) is 0 Å². The summed E-state index contributed by atoms with van der Waals surface area (Å²) in [5, 5.41) is 3.07. The number of anilines is 1. The van der Waals surface area contributed by atoms with Crippen LogP contribution in [0.25, 0.3) is 0 Å². The lowest BCUT2D eigenvalue weighted by molar-refractivity contribution is -0.142. The molecule has 3 aromatic carbocycles. The highest BCUT2D eigenvalue weighted by molar-refractivity contribution is 7.92. The van der Waals surface area contributed by atoms with Crippen LogP contribution >= 0.6 is 0 Å². The average Bonchev–Trinajstić information content (AvgIpc) is 2.92. The molecule has 8 nitrogen and oxygen atoms in total. The molecule has 0 bridgehead atoms. The second-order valence-electron chi connectivity index (χ2n) is 11.8. The molecule has 0 heterocycles. The first-order valence-corrected chi connectivity index (χ1v) is 16.5. The van der Waals surface area contributed by atoms with E-state index >= 15 is 0 Å². The number of carbonyl (C=O) groups excluding carboxylic acids is 2. The summed E-state index contributed by atoms with van der Waals surface area (Å²) in [5.41, 5.74) is 2.85. The molecule has 1 unspecified atom stereocenters. The highest BCUT2D eigenvalue weighted by Crippen LogP contribution is 2.30. The van der Waals surface area contributed by atoms with Gasteiger partial charge in [-0.25, -0.2) is 8.42 Å². The van der Waals surface area contributed by atoms with Gasteiger partial charge in [0.05, 0.1) is 18.6 Å². The van der Waals surface area contributed by atoms with Crippen molar-refractivity contribution in [1.82, 2.24) is 10.2 Å². The number of amides is 2. The van der Waals surface area contributed by atoms with Crippen molar-refractivity contribution in [3.05, 3.63) is 95.6 Å². The fourth-order valence-electron chi connectivity index (χ4n) is 4.94. The molecule has 0 aliphatic carbocycles. The summed E-state index contributed by atoms with van der Waals surface area (Å²) in [6.45, 7) is 10.3. The minimum atomic E-state index is -3.66. The molecule has 3 aromatic rings. The number of aryl methyl sites for hydroxylation is 1. The molecule has 0 radical (unpaired) electrons. The smallest absolute Gasteiger partial charge is 0.243 e. The molecule has 232 valence electrons. The molecule has 9 heteroatoms. The molecular weight excluding hydrogens is 562 g/mol. The Bertz CT molecular complexity index is 1470. The van der Waals surface area contributed by atoms with Crippen molar-refractivity contribution in [2.45, 2.75) is 72.0 Å². The van der Waals surface area contributed by atoms with Crippen LogP contribution in [-0.4, -0.2) is 56.1 Å². The van der Waals surface area contributed by atoms with E-state index in [1.807, 2.05) is 89.2 Å². The van der Waals surface area contributed by atoms with Crippen molar-refractivity contribution in [3.63, 3.8) is 0 Å². The van der Waals surface area contributed by atoms with Crippen molar-refractivity contribution in [2.75, 3.05) is 23.7 Å². The number of ether oxygens (including phenoxy) is 1. The minimum absolute atomic E-state index is 0.0583. The van der Waals surface area contributed by atoms with E-state index in [4.69, 9.17) is 4.74 Å². The largest absolute Gasteiger partial charge is 0.492 e. The predicted octanol–water partition coefficient (Wildman–Crippen LogP) is 5.49. The van der Waals surface area contributed by atoms with Crippen LogP contribution in [0.1, 0.15) is 57.2 Å². The Balaban J connectivity index is 1.92. The summed E-state index contributed by atoms with van der Waals surface area (Å²) < 4.78 is 32.6. The SMILES string of the molecule is CCOc1ccccc1N(CCCC(=O)N(Cc1cccc(C)c1)C(Cc1ccccc1)C(=O)NC(C)(C)C)S(C)(=O)=O. The van der Waals surface area contributed by atoms with Crippen molar-refractivity contribution in [3.8, 4) is 5.75 Å². The number of sulfonamides is 1. The zero-order valence-electron chi connectivity index (χ0n) is 26.2. The van der Waals surface area contributed by atoms with Crippen molar-refractivity contribution >= 4 is 27.5 Å². The average molecular weight is 608 g/mol. The zero-order chi connectivity index (χ0) is 31.6. The van der Waals surface area contributed by atoms with Crippen LogP contribution < -0.4 is 14.4 Å². The number of carbonyl (C=O) groups is 2. The van der Waals surface area contributed by atoms with Crippen molar-refractivity contribution < 1.29 is 22.7 Å². The van der Waals surface area contributed by atoms with Gasteiger partial charge in [0.25, 0.3) is 0 Å². The van der Waals surface area contributed by atoms with Crippen LogP contribution in [0.4, 0.5) is 5.69 Å². The Morgan fingerprint density at radius 3 is 2.21 bits per heavy atom. The molecule has 0 spiro atoms. The van der Waals surface area contributed by atoms with E-state index < -0.39 is 21.6 Å². The number of nitrogens with one attached hydrogen (secondary N) is 1. The first kappa shape index (κ1) is 33.6. The summed E-state index contributed by atoms with van der Waals surface area (Å²) in [5.74, 6) is 0.00315. The maximum Gasteiger partial charge on any atom is 0.243 e. The maximum atomic E-state index is 14.0. The van der Waals surface area contributed by atoms with Gasteiger partial charge in [-0.05, 0) is 64.3 Å². The normalized spacial score (nSPS) is 12.3. The fourth-order valence-corrected chi connectivity index (χ4v) is 5.91. The van der Waals surface area contributed by atoms with E-state index in [0.29, 0.717) is 24.5 Å². The van der Waals surface area contributed by atoms with Crippen LogP contribution in [-0.2, 0) is 32.6 Å². The van der Waals surface area contributed by atoms with Gasteiger partial charge in [0, 0.05) is 31.5 Å². The first-order chi connectivity index (χ1) is 20.3. The number of benzene rings is 3. The summed E-state index contributed by atoms with van der Waals surface area (Å²) >= 11 is 0. The number of hydrogen-bond acceptors (Lipinski definition) is 5. The van der Waals surface area contributed by atoms with Crippen LogP contribution in [0.2, 0.25) is 0 Å². The maximum absolute atomic E-state index is 14.0. The van der Waals surface area contributed by atoms with Gasteiger partial charge in [-0.2, -0.15) is 0 Å². The molecule has 0 aliphatic rings. The van der Waals surface area contributed by atoms with Gasteiger partial charge in [0.2, 0.25) is 21.8 Å². The van der Waals surface area contributed by atoms with Gasteiger partial charge in [0.1, 0.15) is 11.8 Å². The van der Waals surface area contributed by atoms with E-state index in [1.54, 1.807) is 29.2 Å². The monoisotopic (exact) mass is 607 g/mol. The number of nitrogens with zero attached hydrogens (tertiary/aromatic N) is 2. The topological polar surface area (TPSA) is 96.0 Å². The lowest BCUT2D eigenvalue weighted by atomic mass is 10.00. The minimum Gasteiger partial charge on any atom is -0.492 e. The molecule has 1 atom stereocenters. The van der Waals surface area contributed by atoms with Gasteiger partial charge < -0.3 is 15.0 Å². The molecule has 3 rings (SSSR count). The van der Waals surface area contributed by atoms with Crippen LogP contribution in [0.3, 0.4) is 0 Å². The quantitative estimate of drug-likeness (QED) is 0.261. The zero-order valence-corrected chi connectivity index (χ0v) is 27.0. The first-order valence-electron chi connectivity index (χ1n) is 14.7. The van der Waals surface area contributed by atoms with E-state index in [1.165, 1.54) is 4.31 Å². The van der Waals surface area contributed by atoms with E-state index in [0.717, 1.165) is 22.9 Å². The number of para-hydroxylation sites is 2. The van der Waals surface area contributed by atoms with Gasteiger partial charge in [-0.15, -0.1) is 0 Å². The van der Waals surface area contributed by atoms with E-state index in [-0.39, 0.29) is 37.7 Å². The van der Waals surface area contributed by atoms with Crippen LogP contribution in [0.5, 0.6) is 5.75 Å². The third kappa shape index (κ3) is 10.4. The summed E-state index contributed by atoms with van der Waals surface area (Å²) in [7, 11) is -3.66. The third-order valence-corrected chi connectivity index (χ3v) is 7.97. The molecule has 43 heavy (non-hydrogen) atoms. The molecular formula is C34H45N3O5S. The Hall–Kier alpha value is -3.85. The van der Waals surface area contributed by atoms with E-state index in [9.17, 15) is 18.0 Å². The standard InChI is InChI=1S/C34H45N3O5S/c1-7-42-31-20-12-11-19-29(31)37(43(6,40)41)22-14-21-32(38)36(25-28-18-13-15-26(2)23-28)30(33(39)35-34(3,4)5)24-27-16-9-8-10-17-27/h8-13,15-20,23,30H,7,14,21-22,24-25H2,1-6H3,(H,35,39). The highest BCUT2D eigenvalue weighted by Gasteiger charge is 2.32. The van der Waals surface area contributed by atoms with Gasteiger partial charge in [-0.1, -0.05) is 72.3 Å². The van der Waals surface area contributed by atoms with E-state index in [2.05, 4.69) is 5.32 Å². The molecule has 0 saturated heterocycles. The third-order valence-electron chi connectivity index (χ3n) is 6.79. The molecule has 1 N–H and O–H groups in total. The second kappa shape index (κ2) is 15.0. The highest BCUT2D eigenvalue weighted by atomic mass is 32.2. The molecule has 0 saturated carbocycles. The molecule has 2 amide bonds. The van der Waals surface area contributed by atoms with Gasteiger partial charge in [-0.3, -0.25) is 13.9 Å². The summed E-state index contributed by atoms with van der Waals surface area (Å²) in [6.07, 6.45) is 1.81. The van der Waals surface area contributed by atoms with Crippen molar-refractivity contribution in [2.24, 2.45) is 0 Å². The van der Waals surface area contributed by atoms with Crippen LogP contribution in [0, 0.1) is 6.92 Å². The number of rotatable bonds is 14. The Labute approximate surface area is 257 Å². The molecule has 0 aromatic heterocycles. The summed E-state index contributed by atoms with van der Waals surface area (Å²) in [6, 6.07) is 23.8. The fraction of sp³-hybridized carbons (Fsp3) is 0.412. The Morgan fingerprint density at radius 1 is 0.930 bits per heavy atom. The molecule has 0 fully saturated rings. The predicted molar refractivity (Wildman–Crippen MR) is 173 cm³/mol. The number of hydrogen-bond donors (Lipinski definition) is 1. The Kier molecular flexibility index (Phi) is 11.8. The lowest BCUT2D eigenvalue weighted by Gasteiger charge is -2.34. The molecule has 0 aliphatic heterocycles. The lowest BCUT2D eigenvalue weighted by Crippen LogP contribution is -2.54.